The van der Waals surface area contributed by atoms with Crippen LogP contribution in [0.5, 0.6) is 0 Å². The average molecular weight is 370 g/mol. The quantitative estimate of drug-likeness (QED) is 0.508. The summed E-state index contributed by atoms with van der Waals surface area (Å²) >= 11 is 0. The number of benzene rings is 3. The Bertz CT molecular complexity index is 1120. The summed E-state index contributed by atoms with van der Waals surface area (Å²) in [5.74, 6) is 0. The summed E-state index contributed by atoms with van der Waals surface area (Å²) in [5.41, 5.74) is 6.12. The Balaban J connectivity index is 1.79. The molecular weight excluding hydrogens is 344 g/mol. The second-order valence-corrected chi connectivity index (χ2v) is 8.23. The van der Waals surface area contributed by atoms with Gasteiger partial charge in [-0.1, -0.05) is 42.5 Å². The van der Waals surface area contributed by atoms with E-state index in [0.29, 0.717) is 0 Å². The largest absolute Gasteiger partial charge is 0.327 e. The van der Waals surface area contributed by atoms with Gasteiger partial charge in [0.1, 0.15) is 0 Å². The standard InChI is InChI=1S/C25H26N2O/c1-16-13-21-18(3)15-25(4,5)27(23(21)14-17(16)2)24(28)26-22-12-8-10-19-9-6-7-11-20(19)22/h6-15H,1-5H3,(H,26,28). The molecule has 1 N–H and O–H groups in total. The molecule has 4 rings (SSSR count). The van der Waals surface area contributed by atoms with Crippen LogP contribution < -0.4 is 10.2 Å². The van der Waals surface area contributed by atoms with Gasteiger partial charge in [-0.3, -0.25) is 4.90 Å². The van der Waals surface area contributed by atoms with Crippen molar-refractivity contribution in [2.24, 2.45) is 0 Å². The number of nitrogens with zero attached hydrogens (tertiary/aromatic N) is 1. The Morgan fingerprint density at radius 2 is 1.61 bits per heavy atom. The smallest absolute Gasteiger partial charge is 0.307 e. The van der Waals surface area contributed by atoms with Gasteiger partial charge in [0, 0.05) is 10.9 Å². The van der Waals surface area contributed by atoms with Crippen molar-refractivity contribution >= 4 is 33.8 Å². The molecule has 0 saturated carbocycles. The highest BCUT2D eigenvalue weighted by atomic mass is 16.2. The van der Waals surface area contributed by atoms with Gasteiger partial charge in [0.15, 0.2) is 0 Å². The molecule has 0 spiro atoms. The van der Waals surface area contributed by atoms with Crippen molar-refractivity contribution in [3.8, 4) is 0 Å². The highest BCUT2D eigenvalue weighted by Gasteiger charge is 2.36. The first-order valence-corrected chi connectivity index (χ1v) is 9.68. The molecule has 142 valence electrons. The van der Waals surface area contributed by atoms with E-state index in [1.807, 2.05) is 35.2 Å². The average Bonchev–Trinajstić information content (AvgIpc) is 2.63. The Morgan fingerprint density at radius 1 is 0.929 bits per heavy atom. The third kappa shape index (κ3) is 2.97. The topological polar surface area (TPSA) is 32.3 Å². The number of allylic oxidation sites excluding steroid dienone is 1. The molecule has 0 aromatic heterocycles. The van der Waals surface area contributed by atoms with E-state index in [1.54, 1.807) is 0 Å². The zero-order chi connectivity index (χ0) is 20.1. The van der Waals surface area contributed by atoms with Gasteiger partial charge in [-0.25, -0.2) is 4.79 Å². The summed E-state index contributed by atoms with van der Waals surface area (Å²) in [6.45, 7) is 10.5. The maximum atomic E-state index is 13.5. The fraction of sp³-hybridized carbons (Fsp3) is 0.240. The van der Waals surface area contributed by atoms with Gasteiger partial charge in [0.2, 0.25) is 0 Å². The molecule has 1 aliphatic rings. The van der Waals surface area contributed by atoms with Crippen molar-refractivity contribution < 1.29 is 4.79 Å². The summed E-state index contributed by atoms with van der Waals surface area (Å²) in [6.07, 6.45) is 2.17. The number of hydrogen-bond donors (Lipinski definition) is 1. The normalized spacial score (nSPS) is 15.2. The number of nitrogens with one attached hydrogen (secondary N) is 1. The Kier molecular flexibility index (Phi) is 4.26. The third-order valence-corrected chi connectivity index (χ3v) is 5.66. The molecule has 0 saturated heterocycles. The summed E-state index contributed by atoms with van der Waals surface area (Å²) in [5, 5.41) is 5.31. The number of aryl methyl sites for hydroxylation is 2. The maximum Gasteiger partial charge on any atom is 0.327 e. The molecule has 0 unspecified atom stereocenters. The van der Waals surface area contributed by atoms with Crippen molar-refractivity contribution in [3.63, 3.8) is 0 Å². The molecule has 0 bridgehead atoms. The molecule has 3 aromatic carbocycles. The number of urea groups is 1. The molecule has 0 aliphatic carbocycles. The lowest BCUT2D eigenvalue weighted by atomic mass is 9.87. The van der Waals surface area contributed by atoms with Crippen LogP contribution in [0.1, 0.15) is 37.5 Å². The molecule has 1 heterocycles. The van der Waals surface area contributed by atoms with Gasteiger partial charge in [-0.05, 0) is 74.9 Å². The molecule has 0 fully saturated rings. The first kappa shape index (κ1) is 18.3. The molecular formula is C25H26N2O. The number of fused-ring (bicyclic) bond motifs is 2. The Labute approximate surface area is 166 Å². The van der Waals surface area contributed by atoms with E-state index in [0.717, 1.165) is 27.7 Å². The van der Waals surface area contributed by atoms with E-state index in [2.05, 4.69) is 70.3 Å². The minimum Gasteiger partial charge on any atom is -0.307 e. The van der Waals surface area contributed by atoms with Crippen LogP contribution >= 0.6 is 0 Å². The number of carbonyl (C=O) groups excluding carboxylic acids is 1. The lowest BCUT2D eigenvalue weighted by Gasteiger charge is -2.41. The van der Waals surface area contributed by atoms with Crippen molar-refractivity contribution in [2.75, 3.05) is 10.2 Å². The van der Waals surface area contributed by atoms with Crippen molar-refractivity contribution in [1.82, 2.24) is 0 Å². The molecule has 3 aromatic rings. The second-order valence-electron chi connectivity index (χ2n) is 8.23. The lowest BCUT2D eigenvalue weighted by molar-refractivity contribution is 0.253. The summed E-state index contributed by atoms with van der Waals surface area (Å²) in [7, 11) is 0. The van der Waals surface area contributed by atoms with Crippen molar-refractivity contribution in [1.29, 1.82) is 0 Å². The molecule has 28 heavy (non-hydrogen) atoms. The van der Waals surface area contributed by atoms with E-state index >= 15 is 0 Å². The van der Waals surface area contributed by atoms with E-state index < -0.39 is 5.54 Å². The fourth-order valence-electron chi connectivity index (χ4n) is 4.16. The van der Waals surface area contributed by atoms with Crippen LogP contribution in [-0.2, 0) is 0 Å². The molecule has 0 atom stereocenters. The van der Waals surface area contributed by atoms with E-state index in [-0.39, 0.29) is 6.03 Å². The monoisotopic (exact) mass is 370 g/mol. The third-order valence-electron chi connectivity index (χ3n) is 5.66. The van der Waals surface area contributed by atoms with Gasteiger partial charge in [-0.15, -0.1) is 0 Å². The highest BCUT2D eigenvalue weighted by Crippen LogP contribution is 2.40. The van der Waals surface area contributed by atoms with Crippen LogP contribution in [0.4, 0.5) is 16.2 Å². The van der Waals surface area contributed by atoms with Crippen LogP contribution in [0.15, 0.2) is 60.7 Å². The lowest BCUT2D eigenvalue weighted by Crippen LogP contribution is -2.50. The zero-order valence-corrected chi connectivity index (χ0v) is 17.1. The first-order chi connectivity index (χ1) is 13.3. The van der Waals surface area contributed by atoms with Crippen molar-refractivity contribution in [2.45, 2.75) is 40.2 Å². The molecule has 3 nitrogen and oxygen atoms in total. The van der Waals surface area contributed by atoms with Crippen molar-refractivity contribution in [3.05, 3.63) is 77.4 Å². The number of anilines is 2. The number of hydrogen-bond acceptors (Lipinski definition) is 1. The number of carbonyl (C=O) groups is 1. The first-order valence-electron chi connectivity index (χ1n) is 9.68. The van der Waals surface area contributed by atoms with E-state index in [9.17, 15) is 4.79 Å². The van der Waals surface area contributed by atoms with Gasteiger partial charge < -0.3 is 5.32 Å². The van der Waals surface area contributed by atoms with Crippen LogP contribution in [0.3, 0.4) is 0 Å². The summed E-state index contributed by atoms with van der Waals surface area (Å²) in [6, 6.07) is 18.3. The predicted molar refractivity (Wildman–Crippen MR) is 119 cm³/mol. The number of amides is 2. The SMILES string of the molecule is CC1=CC(C)(C)N(C(=O)Nc2cccc3ccccc23)c2cc(C)c(C)cc21. The summed E-state index contributed by atoms with van der Waals surface area (Å²) < 4.78 is 0. The zero-order valence-electron chi connectivity index (χ0n) is 17.1. The van der Waals surface area contributed by atoms with Gasteiger partial charge in [0.25, 0.3) is 0 Å². The molecule has 0 radical (unpaired) electrons. The predicted octanol–water partition coefficient (Wildman–Crippen LogP) is 6.69. The van der Waals surface area contributed by atoms with E-state index in [1.165, 1.54) is 16.7 Å². The fourth-order valence-corrected chi connectivity index (χ4v) is 4.16. The van der Waals surface area contributed by atoms with E-state index in [4.69, 9.17) is 0 Å². The Hall–Kier alpha value is -3.07. The number of rotatable bonds is 1. The van der Waals surface area contributed by atoms with Gasteiger partial charge in [-0.2, -0.15) is 0 Å². The van der Waals surface area contributed by atoms with Crippen LogP contribution in [-0.4, -0.2) is 11.6 Å². The van der Waals surface area contributed by atoms with Crippen LogP contribution in [0.2, 0.25) is 0 Å². The van der Waals surface area contributed by atoms with Gasteiger partial charge in [0.05, 0.1) is 16.9 Å². The minimum absolute atomic E-state index is 0.116. The molecule has 2 amide bonds. The Morgan fingerprint density at radius 3 is 2.39 bits per heavy atom. The van der Waals surface area contributed by atoms with Gasteiger partial charge >= 0.3 is 6.03 Å². The molecule has 3 heteroatoms. The van der Waals surface area contributed by atoms with Crippen LogP contribution in [0, 0.1) is 13.8 Å². The summed E-state index contributed by atoms with van der Waals surface area (Å²) in [4.78, 5) is 15.4. The highest BCUT2D eigenvalue weighted by molar-refractivity contribution is 6.10. The van der Waals surface area contributed by atoms with Crippen LogP contribution in [0.25, 0.3) is 16.3 Å². The minimum atomic E-state index is -0.423. The maximum absolute atomic E-state index is 13.5. The second kappa shape index (κ2) is 6.52. The molecule has 1 aliphatic heterocycles.